The van der Waals surface area contributed by atoms with E-state index < -0.39 is 12.6 Å². The van der Waals surface area contributed by atoms with Crippen LogP contribution >= 0.6 is 0 Å². The van der Waals surface area contributed by atoms with Crippen molar-refractivity contribution in [2.24, 2.45) is 0 Å². The lowest BCUT2D eigenvalue weighted by molar-refractivity contribution is -0.0502. The van der Waals surface area contributed by atoms with Gasteiger partial charge in [-0.25, -0.2) is 4.79 Å². The van der Waals surface area contributed by atoms with Crippen LogP contribution in [0.1, 0.15) is 15.9 Å². The van der Waals surface area contributed by atoms with E-state index in [1.807, 2.05) is 0 Å². The molecule has 0 fully saturated rings. The fraction of sp³-hybridized carbons (Fsp3) is 0.222. The molecule has 0 spiro atoms. The van der Waals surface area contributed by atoms with E-state index in [-0.39, 0.29) is 11.3 Å². The van der Waals surface area contributed by atoms with E-state index in [0.29, 0.717) is 5.56 Å². The Morgan fingerprint density at radius 3 is 2.57 bits per heavy atom. The molecule has 0 saturated carbocycles. The predicted octanol–water partition coefficient (Wildman–Crippen LogP) is 2.29. The largest absolute Gasteiger partial charge is 0.478 e. The van der Waals surface area contributed by atoms with Gasteiger partial charge in [0.2, 0.25) is 0 Å². The van der Waals surface area contributed by atoms with Gasteiger partial charge in [-0.05, 0) is 30.7 Å². The molecule has 3 nitrogen and oxygen atoms in total. The van der Waals surface area contributed by atoms with E-state index >= 15 is 0 Å². The number of hydrogen-bond acceptors (Lipinski definition) is 2. The van der Waals surface area contributed by atoms with Gasteiger partial charge in [0, 0.05) is 0 Å². The van der Waals surface area contributed by atoms with Gasteiger partial charge >= 0.3 is 12.6 Å². The molecule has 0 aliphatic heterocycles. The highest BCUT2D eigenvalue weighted by atomic mass is 19.3. The molecular weight excluding hydrogens is 194 g/mol. The van der Waals surface area contributed by atoms with Crippen molar-refractivity contribution in [1.82, 2.24) is 0 Å². The van der Waals surface area contributed by atoms with Crippen LogP contribution < -0.4 is 4.74 Å². The molecule has 0 amide bonds. The third-order valence-electron chi connectivity index (χ3n) is 1.64. The number of halogens is 2. The average molecular weight is 202 g/mol. The zero-order valence-electron chi connectivity index (χ0n) is 7.33. The smallest absolute Gasteiger partial charge is 0.387 e. The van der Waals surface area contributed by atoms with Crippen molar-refractivity contribution in [3.8, 4) is 5.75 Å². The van der Waals surface area contributed by atoms with Crippen LogP contribution in [0.5, 0.6) is 5.75 Å². The van der Waals surface area contributed by atoms with Gasteiger partial charge in [-0.3, -0.25) is 0 Å². The molecule has 0 radical (unpaired) electrons. The van der Waals surface area contributed by atoms with E-state index in [1.54, 1.807) is 0 Å². The summed E-state index contributed by atoms with van der Waals surface area (Å²) in [5.41, 5.74) is 0.411. The van der Waals surface area contributed by atoms with E-state index in [9.17, 15) is 13.6 Å². The number of rotatable bonds is 3. The first-order valence-corrected chi connectivity index (χ1v) is 3.79. The first kappa shape index (κ1) is 10.4. The summed E-state index contributed by atoms with van der Waals surface area (Å²) in [7, 11) is 0. The van der Waals surface area contributed by atoms with Crippen LogP contribution in [0.25, 0.3) is 0 Å². The summed E-state index contributed by atoms with van der Waals surface area (Å²) in [6, 6.07) is 3.71. The second-order valence-corrected chi connectivity index (χ2v) is 2.66. The summed E-state index contributed by atoms with van der Waals surface area (Å²) in [6.45, 7) is -1.39. The fourth-order valence-electron chi connectivity index (χ4n) is 1.01. The Morgan fingerprint density at radius 1 is 1.50 bits per heavy atom. The van der Waals surface area contributed by atoms with Crippen molar-refractivity contribution in [3.05, 3.63) is 29.3 Å². The molecule has 1 aromatic carbocycles. The lowest BCUT2D eigenvalue weighted by atomic mass is 10.1. The molecular formula is C9H8F2O3. The van der Waals surface area contributed by atoms with Crippen LogP contribution in [0.3, 0.4) is 0 Å². The summed E-state index contributed by atoms with van der Waals surface area (Å²) in [6.07, 6.45) is 0. The van der Waals surface area contributed by atoms with E-state index in [0.717, 1.165) is 0 Å². The fourth-order valence-corrected chi connectivity index (χ4v) is 1.01. The quantitative estimate of drug-likeness (QED) is 0.817. The van der Waals surface area contributed by atoms with Gasteiger partial charge in [0.05, 0.1) is 5.56 Å². The molecule has 14 heavy (non-hydrogen) atoms. The van der Waals surface area contributed by atoms with Crippen molar-refractivity contribution < 1.29 is 23.4 Å². The van der Waals surface area contributed by atoms with Gasteiger partial charge in [0.15, 0.2) is 0 Å². The molecule has 0 aliphatic rings. The van der Waals surface area contributed by atoms with Gasteiger partial charge in [0.1, 0.15) is 5.75 Å². The second-order valence-electron chi connectivity index (χ2n) is 2.66. The van der Waals surface area contributed by atoms with Crippen LogP contribution in [-0.2, 0) is 0 Å². The monoisotopic (exact) mass is 202 g/mol. The molecule has 0 heterocycles. The SMILES string of the molecule is Cc1cc(C(=O)O)ccc1OC(F)F. The third-order valence-corrected chi connectivity index (χ3v) is 1.64. The molecule has 0 saturated heterocycles. The van der Waals surface area contributed by atoms with Crippen LogP contribution in [0, 0.1) is 6.92 Å². The summed E-state index contributed by atoms with van der Waals surface area (Å²) in [4.78, 5) is 10.5. The van der Waals surface area contributed by atoms with Crippen LogP contribution in [-0.4, -0.2) is 17.7 Å². The van der Waals surface area contributed by atoms with Crippen molar-refractivity contribution in [2.45, 2.75) is 13.5 Å². The number of benzene rings is 1. The predicted molar refractivity (Wildman–Crippen MR) is 44.8 cm³/mol. The molecule has 0 bridgehead atoms. The van der Waals surface area contributed by atoms with E-state index in [1.165, 1.54) is 25.1 Å². The van der Waals surface area contributed by atoms with Gasteiger partial charge in [0.25, 0.3) is 0 Å². The number of carboxylic acids is 1. The molecule has 1 N–H and O–H groups in total. The van der Waals surface area contributed by atoms with Gasteiger partial charge in [-0.2, -0.15) is 8.78 Å². The minimum Gasteiger partial charge on any atom is -0.478 e. The highest BCUT2D eigenvalue weighted by Crippen LogP contribution is 2.20. The van der Waals surface area contributed by atoms with Gasteiger partial charge < -0.3 is 9.84 Å². The summed E-state index contributed by atoms with van der Waals surface area (Å²) in [5, 5.41) is 8.59. The van der Waals surface area contributed by atoms with Crippen LogP contribution in [0.15, 0.2) is 18.2 Å². The normalized spacial score (nSPS) is 10.3. The average Bonchev–Trinajstić information content (AvgIpc) is 2.07. The van der Waals surface area contributed by atoms with E-state index in [4.69, 9.17) is 5.11 Å². The van der Waals surface area contributed by atoms with Crippen molar-refractivity contribution >= 4 is 5.97 Å². The second kappa shape index (κ2) is 4.04. The lowest BCUT2D eigenvalue weighted by Crippen LogP contribution is -2.04. The maximum Gasteiger partial charge on any atom is 0.387 e. The summed E-state index contributed by atoms with van der Waals surface area (Å²) >= 11 is 0. The van der Waals surface area contributed by atoms with E-state index in [2.05, 4.69) is 4.74 Å². The molecule has 1 rings (SSSR count). The number of hydrogen-bond donors (Lipinski definition) is 1. The first-order valence-electron chi connectivity index (χ1n) is 3.79. The number of ether oxygens (including phenoxy) is 1. The number of carbonyl (C=O) groups is 1. The molecule has 1 aromatic rings. The Bertz CT molecular complexity index is 350. The lowest BCUT2D eigenvalue weighted by Gasteiger charge is -2.07. The summed E-state index contributed by atoms with van der Waals surface area (Å²) < 4.78 is 27.8. The maximum atomic E-state index is 11.8. The minimum absolute atomic E-state index is 0.00926. The number of aryl methyl sites for hydroxylation is 1. The first-order chi connectivity index (χ1) is 6.50. The standard InChI is InChI=1S/C9H8F2O3/c1-5-4-6(8(12)13)2-3-7(5)14-9(10)11/h2-4,9H,1H3,(H,12,13). The molecule has 0 atom stereocenters. The highest BCUT2D eigenvalue weighted by Gasteiger charge is 2.09. The third kappa shape index (κ3) is 2.42. The number of carboxylic acid groups (broad SMARTS) is 1. The number of alkyl halides is 2. The molecule has 0 aliphatic carbocycles. The molecule has 0 aromatic heterocycles. The Kier molecular flexibility index (Phi) is 3.01. The Labute approximate surface area is 78.9 Å². The minimum atomic E-state index is -2.90. The van der Waals surface area contributed by atoms with Crippen LogP contribution in [0.4, 0.5) is 8.78 Å². The Hall–Kier alpha value is -1.65. The van der Waals surface area contributed by atoms with Gasteiger partial charge in [-0.1, -0.05) is 0 Å². The highest BCUT2D eigenvalue weighted by molar-refractivity contribution is 5.88. The molecule has 76 valence electrons. The number of aromatic carboxylic acids is 1. The molecule has 0 unspecified atom stereocenters. The topological polar surface area (TPSA) is 46.5 Å². The van der Waals surface area contributed by atoms with Gasteiger partial charge in [-0.15, -0.1) is 0 Å². The van der Waals surface area contributed by atoms with Crippen LogP contribution in [0.2, 0.25) is 0 Å². The zero-order chi connectivity index (χ0) is 10.7. The Balaban J connectivity index is 2.95. The molecule has 5 heteroatoms. The maximum absolute atomic E-state index is 11.8. The summed E-state index contributed by atoms with van der Waals surface area (Å²) in [5.74, 6) is -1.11. The Morgan fingerprint density at radius 2 is 2.14 bits per heavy atom. The zero-order valence-corrected chi connectivity index (χ0v) is 7.33. The van der Waals surface area contributed by atoms with Crippen molar-refractivity contribution in [3.63, 3.8) is 0 Å². The van der Waals surface area contributed by atoms with Crippen molar-refractivity contribution in [2.75, 3.05) is 0 Å². The van der Waals surface area contributed by atoms with Crippen molar-refractivity contribution in [1.29, 1.82) is 0 Å².